The van der Waals surface area contributed by atoms with Gasteiger partial charge in [0.25, 0.3) is 5.91 Å². The highest BCUT2D eigenvalue weighted by Crippen LogP contribution is 2.29. The lowest BCUT2D eigenvalue weighted by molar-refractivity contribution is -0.385. The van der Waals surface area contributed by atoms with Crippen molar-refractivity contribution < 1.29 is 14.5 Å². The molecule has 0 atom stereocenters. The van der Waals surface area contributed by atoms with E-state index in [0.29, 0.717) is 6.54 Å². The van der Waals surface area contributed by atoms with Crippen molar-refractivity contribution in [2.45, 2.75) is 31.2 Å². The Labute approximate surface area is 134 Å². The summed E-state index contributed by atoms with van der Waals surface area (Å²) in [5.41, 5.74) is 5.25. The standard InChI is InChI=1S/C14H19N3O4.ClH/c15-10-14(7-3-4-8-14)16-13(18)9-21-12-6-2-1-5-11(12)17(19)20;/h1-2,5-6H,3-4,7-10,15H2,(H,16,18);1H. The maximum absolute atomic E-state index is 12.0. The molecule has 1 amide bonds. The number of halogens is 1. The van der Waals surface area contributed by atoms with Crippen LogP contribution in [0, 0.1) is 10.1 Å². The number of hydrogen-bond donors (Lipinski definition) is 2. The molecule has 1 aromatic carbocycles. The van der Waals surface area contributed by atoms with E-state index in [1.54, 1.807) is 12.1 Å². The van der Waals surface area contributed by atoms with E-state index in [0.717, 1.165) is 25.7 Å². The lowest BCUT2D eigenvalue weighted by Crippen LogP contribution is -2.52. The van der Waals surface area contributed by atoms with Crippen LogP contribution in [-0.4, -0.2) is 29.5 Å². The number of ether oxygens (including phenoxy) is 1. The van der Waals surface area contributed by atoms with Crippen LogP contribution >= 0.6 is 12.4 Å². The third-order valence-electron chi connectivity index (χ3n) is 3.78. The van der Waals surface area contributed by atoms with Crippen LogP contribution in [0.25, 0.3) is 0 Å². The molecule has 1 aliphatic carbocycles. The Hall–Kier alpha value is -1.86. The molecule has 1 aromatic rings. The van der Waals surface area contributed by atoms with Crippen molar-refractivity contribution in [1.82, 2.24) is 5.32 Å². The van der Waals surface area contributed by atoms with Crippen molar-refractivity contribution in [3.8, 4) is 5.75 Å². The number of nitro groups is 1. The molecule has 0 saturated heterocycles. The molecule has 1 aliphatic rings. The van der Waals surface area contributed by atoms with E-state index in [1.807, 2.05) is 0 Å². The number of carbonyl (C=O) groups is 1. The molecule has 122 valence electrons. The first kappa shape index (κ1) is 18.2. The van der Waals surface area contributed by atoms with Gasteiger partial charge in [-0.3, -0.25) is 14.9 Å². The number of para-hydroxylation sites is 2. The van der Waals surface area contributed by atoms with Crippen LogP contribution in [0.2, 0.25) is 0 Å². The summed E-state index contributed by atoms with van der Waals surface area (Å²) >= 11 is 0. The Balaban J connectivity index is 0.00000242. The molecule has 0 aromatic heterocycles. The zero-order chi connectivity index (χ0) is 15.3. The highest BCUT2D eigenvalue weighted by molar-refractivity contribution is 5.85. The van der Waals surface area contributed by atoms with Gasteiger partial charge < -0.3 is 15.8 Å². The van der Waals surface area contributed by atoms with Gasteiger partial charge in [0, 0.05) is 12.6 Å². The molecular weight excluding hydrogens is 310 g/mol. The van der Waals surface area contributed by atoms with E-state index in [-0.39, 0.29) is 41.9 Å². The highest BCUT2D eigenvalue weighted by Gasteiger charge is 2.33. The third-order valence-corrected chi connectivity index (χ3v) is 3.78. The van der Waals surface area contributed by atoms with Crippen LogP contribution < -0.4 is 15.8 Å². The lowest BCUT2D eigenvalue weighted by Gasteiger charge is -2.28. The zero-order valence-corrected chi connectivity index (χ0v) is 12.9. The van der Waals surface area contributed by atoms with Gasteiger partial charge in [0.2, 0.25) is 0 Å². The summed E-state index contributed by atoms with van der Waals surface area (Å²) in [6.45, 7) is 0.136. The van der Waals surface area contributed by atoms with Gasteiger partial charge in [-0.2, -0.15) is 0 Å². The van der Waals surface area contributed by atoms with Crippen LogP contribution in [-0.2, 0) is 4.79 Å². The summed E-state index contributed by atoms with van der Waals surface area (Å²) in [5, 5.41) is 13.8. The Morgan fingerprint density at radius 1 is 1.36 bits per heavy atom. The van der Waals surface area contributed by atoms with Crippen LogP contribution in [0.1, 0.15) is 25.7 Å². The van der Waals surface area contributed by atoms with Crippen molar-refractivity contribution in [2.75, 3.05) is 13.2 Å². The normalized spacial score (nSPS) is 15.7. The fourth-order valence-electron chi connectivity index (χ4n) is 2.64. The zero-order valence-electron chi connectivity index (χ0n) is 12.1. The van der Waals surface area contributed by atoms with Crippen molar-refractivity contribution >= 4 is 24.0 Å². The van der Waals surface area contributed by atoms with E-state index < -0.39 is 4.92 Å². The number of nitrogens with zero attached hydrogens (tertiary/aromatic N) is 1. The average molecular weight is 330 g/mol. The molecule has 0 unspecified atom stereocenters. The molecule has 0 aliphatic heterocycles. The fraction of sp³-hybridized carbons (Fsp3) is 0.500. The first-order chi connectivity index (χ1) is 10.1. The minimum atomic E-state index is -0.536. The number of carbonyl (C=O) groups excluding carboxylic acids is 1. The van der Waals surface area contributed by atoms with E-state index in [4.69, 9.17) is 10.5 Å². The van der Waals surface area contributed by atoms with Crippen molar-refractivity contribution in [3.05, 3.63) is 34.4 Å². The number of amides is 1. The number of benzene rings is 1. The van der Waals surface area contributed by atoms with Gasteiger partial charge in [-0.1, -0.05) is 25.0 Å². The van der Waals surface area contributed by atoms with Crippen LogP contribution in [0.4, 0.5) is 5.69 Å². The predicted molar refractivity (Wildman–Crippen MR) is 84.2 cm³/mol. The summed E-state index contributed by atoms with van der Waals surface area (Å²) in [6.07, 6.45) is 3.81. The molecule has 22 heavy (non-hydrogen) atoms. The second-order valence-electron chi connectivity index (χ2n) is 5.25. The fourth-order valence-corrected chi connectivity index (χ4v) is 2.64. The largest absolute Gasteiger partial charge is 0.477 e. The monoisotopic (exact) mass is 329 g/mol. The average Bonchev–Trinajstić information content (AvgIpc) is 2.94. The van der Waals surface area contributed by atoms with Gasteiger partial charge in [0.05, 0.1) is 10.5 Å². The molecule has 1 fully saturated rings. The number of nitrogens with one attached hydrogen (secondary N) is 1. The molecule has 2 rings (SSSR count). The topological polar surface area (TPSA) is 107 Å². The molecule has 0 spiro atoms. The van der Waals surface area contributed by atoms with Gasteiger partial charge in [0.1, 0.15) is 0 Å². The number of hydrogen-bond acceptors (Lipinski definition) is 5. The summed E-state index contributed by atoms with van der Waals surface area (Å²) in [7, 11) is 0. The number of nitrogens with two attached hydrogens (primary N) is 1. The maximum atomic E-state index is 12.0. The SMILES string of the molecule is Cl.NCC1(NC(=O)COc2ccccc2[N+](=O)[O-])CCCC1. The molecule has 7 nitrogen and oxygen atoms in total. The first-order valence-electron chi connectivity index (χ1n) is 6.94. The highest BCUT2D eigenvalue weighted by atomic mass is 35.5. The summed E-state index contributed by atoms with van der Waals surface area (Å²) in [6, 6.07) is 5.98. The van der Waals surface area contributed by atoms with Gasteiger partial charge in [-0.25, -0.2) is 0 Å². The first-order valence-corrected chi connectivity index (χ1v) is 6.94. The van der Waals surface area contributed by atoms with Gasteiger partial charge in [-0.15, -0.1) is 12.4 Å². The van der Waals surface area contributed by atoms with Crippen molar-refractivity contribution in [3.63, 3.8) is 0 Å². The minimum Gasteiger partial charge on any atom is -0.477 e. The molecule has 0 bridgehead atoms. The van der Waals surface area contributed by atoms with Crippen molar-refractivity contribution in [2.24, 2.45) is 5.73 Å². The maximum Gasteiger partial charge on any atom is 0.310 e. The van der Waals surface area contributed by atoms with Crippen LogP contribution in [0.5, 0.6) is 5.75 Å². The van der Waals surface area contributed by atoms with E-state index in [1.165, 1.54) is 12.1 Å². The third kappa shape index (κ3) is 4.32. The Kier molecular flexibility index (Phi) is 6.58. The van der Waals surface area contributed by atoms with Crippen LogP contribution in [0.15, 0.2) is 24.3 Å². The van der Waals surface area contributed by atoms with Crippen molar-refractivity contribution in [1.29, 1.82) is 0 Å². The second-order valence-corrected chi connectivity index (χ2v) is 5.25. The Bertz CT molecular complexity index is 533. The van der Waals surface area contributed by atoms with Gasteiger partial charge in [0.15, 0.2) is 12.4 Å². The number of nitro benzene ring substituents is 1. The molecule has 1 saturated carbocycles. The summed E-state index contributed by atoms with van der Waals surface area (Å²) < 4.78 is 5.27. The second kappa shape index (κ2) is 7.95. The quantitative estimate of drug-likeness (QED) is 0.611. The Morgan fingerprint density at radius 3 is 2.59 bits per heavy atom. The van der Waals surface area contributed by atoms with Gasteiger partial charge >= 0.3 is 5.69 Å². The number of rotatable bonds is 6. The predicted octanol–water partition coefficient (Wildman–Crippen LogP) is 1.78. The van der Waals surface area contributed by atoms with E-state index in [2.05, 4.69) is 5.32 Å². The summed E-state index contributed by atoms with van der Waals surface area (Å²) in [4.78, 5) is 22.3. The van der Waals surface area contributed by atoms with E-state index in [9.17, 15) is 14.9 Å². The summed E-state index contributed by atoms with van der Waals surface area (Å²) in [5.74, 6) is -0.216. The molecule has 0 heterocycles. The smallest absolute Gasteiger partial charge is 0.310 e. The molecule has 3 N–H and O–H groups in total. The van der Waals surface area contributed by atoms with Crippen LogP contribution in [0.3, 0.4) is 0 Å². The Morgan fingerprint density at radius 2 is 2.00 bits per heavy atom. The lowest BCUT2D eigenvalue weighted by atomic mass is 9.98. The minimum absolute atomic E-state index is 0. The van der Waals surface area contributed by atoms with E-state index >= 15 is 0 Å². The molecule has 8 heteroatoms. The molecular formula is C14H20ClN3O4. The molecule has 0 radical (unpaired) electrons. The van der Waals surface area contributed by atoms with Gasteiger partial charge in [-0.05, 0) is 18.9 Å².